The van der Waals surface area contributed by atoms with Gasteiger partial charge in [-0.1, -0.05) is 50.0 Å². The van der Waals surface area contributed by atoms with E-state index in [1.54, 1.807) is 0 Å². The van der Waals surface area contributed by atoms with Gasteiger partial charge in [0.2, 0.25) is 0 Å². The lowest BCUT2D eigenvalue weighted by atomic mass is 9.80. The fraction of sp³-hybridized carbons (Fsp3) is 1.00. The van der Waals surface area contributed by atoms with E-state index in [4.69, 9.17) is 0 Å². The van der Waals surface area contributed by atoms with E-state index < -0.39 is 0 Å². The molecule has 0 aliphatic heterocycles. The summed E-state index contributed by atoms with van der Waals surface area (Å²) in [5, 5.41) is 1.20. The summed E-state index contributed by atoms with van der Waals surface area (Å²) >= 11 is 3.67. The summed E-state index contributed by atoms with van der Waals surface area (Å²) in [6, 6.07) is 0. The molecule has 0 saturated heterocycles. The van der Waals surface area contributed by atoms with Gasteiger partial charge in [-0.2, -0.15) is 0 Å². The highest BCUT2D eigenvalue weighted by molar-refractivity contribution is 9.09. The van der Waals surface area contributed by atoms with Crippen LogP contribution < -0.4 is 0 Å². The van der Waals surface area contributed by atoms with Crippen LogP contribution in [0.3, 0.4) is 0 Å². The maximum Gasteiger partial charge on any atom is 0.00932 e. The fourth-order valence-corrected chi connectivity index (χ4v) is 3.67. The summed E-state index contributed by atoms with van der Waals surface area (Å²) in [5.74, 6) is 2.71. The molecule has 1 aliphatic rings. The van der Waals surface area contributed by atoms with Crippen molar-refractivity contribution in [3.8, 4) is 0 Å². The van der Waals surface area contributed by atoms with Crippen molar-refractivity contribution in [2.45, 2.75) is 40.5 Å². The zero-order valence-corrected chi connectivity index (χ0v) is 10.3. The molecule has 0 heterocycles. The summed E-state index contributed by atoms with van der Waals surface area (Å²) in [6.07, 6.45) is 2.76. The molecule has 1 saturated carbocycles. The minimum Gasteiger partial charge on any atom is -0.0922 e. The maximum absolute atomic E-state index is 3.67. The molecule has 1 heteroatoms. The van der Waals surface area contributed by atoms with Crippen LogP contribution in [0.4, 0.5) is 0 Å². The van der Waals surface area contributed by atoms with E-state index in [1.807, 2.05) is 0 Å². The van der Waals surface area contributed by atoms with Crippen LogP contribution in [0.1, 0.15) is 40.5 Å². The van der Waals surface area contributed by atoms with Crippen LogP contribution in [0.25, 0.3) is 0 Å². The van der Waals surface area contributed by atoms with E-state index in [0.29, 0.717) is 5.41 Å². The molecule has 0 aromatic carbocycles. The average Bonchev–Trinajstić information content (AvgIpc) is 2.75. The molecular formula is C11H21Br. The van der Waals surface area contributed by atoms with Crippen LogP contribution in [0.5, 0.6) is 0 Å². The van der Waals surface area contributed by atoms with Gasteiger partial charge in [-0.3, -0.25) is 0 Å². The largest absolute Gasteiger partial charge is 0.0922 e. The lowest BCUT2D eigenvalue weighted by Gasteiger charge is -2.27. The van der Waals surface area contributed by atoms with Crippen LogP contribution in [-0.4, -0.2) is 5.33 Å². The lowest BCUT2D eigenvalue weighted by molar-refractivity contribution is 0.243. The molecule has 0 radical (unpaired) electrons. The molecule has 0 aromatic rings. The Balaban J connectivity index is 2.56. The van der Waals surface area contributed by atoms with E-state index in [2.05, 4.69) is 43.6 Å². The molecule has 0 spiro atoms. The van der Waals surface area contributed by atoms with Crippen molar-refractivity contribution in [2.75, 3.05) is 5.33 Å². The highest BCUT2D eigenvalue weighted by Gasteiger charge is 2.54. The van der Waals surface area contributed by atoms with Gasteiger partial charge in [-0.25, -0.2) is 0 Å². The number of halogens is 1. The van der Waals surface area contributed by atoms with Crippen molar-refractivity contribution in [3.05, 3.63) is 0 Å². The van der Waals surface area contributed by atoms with Crippen molar-refractivity contribution < 1.29 is 0 Å². The Morgan fingerprint density at radius 2 is 2.00 bits per heavy atom. The zero-order valence-electron chi connectivity index (χ0n) is 8.73. The molecule has 1 aliphatic carbocycles. The van der Waals surface area contributed by atoms with Crippen molar-refractivity contribution >= 4 is 15.9 Å². The quantitative estimate of drug-likeness (QED) is 0.641. The zero-order chi connectivity index (χ0) is 9.35. The van der Waals surface area contributed by atoms with Crippen molar-refractivity contribution in [1.82, 2.24) is 0 Å². The molecule has 4 unspecified atom stereocenters. The molecule has 0 bridgehead atoms. The topological polar surface area (TPSA) is 0 Å². The third kappa shape index (κ3) is 1.57. The second-order valence-electron chi connectivity index (χ2n) is 4.65. The van der Waals surface area contributed by atoms with Crippen LogP contribution in [0.2, 0.25) is 0 Å². The van der Waals surface area contributed by atoms with Crippen LogP contribution >= 0.6 is 15.9 Å². The van der Waals surface area contributed by atoms with E-state index in [0.717, 1.165) is 17.8 Å². The van der Waals surface area contributed by atoms with E-state index in [1.165, 1.54) is 18.2 Å². The Morgan fingerprint density at radius 1 is 1.50 bits per heavy atom. The first kappa shape index (κ1) is 10.6. The standard InChI is InChI=1S/C11H21Br/c1-5-8(2)10(4)11(7-12)6-9(11)3/h8-10H,5-7H2,1-4H3. The Labute approximate surface area is 85.3 Å². The molecule has 0 amide bonds. The monoisotopic (exact) mass is 232 g/mol. The van der Waals surface area contributed by atoms with Gasteiger partial charge >= 0.3 is 0 Å². The van der Waals surface area contributed by atoms with E-state index in [-0.39, 0.29) is 0 Å². The molecule has 0 nitrogen and oxygen atoms in total. The molecular weight excluding hydrogens is 212 g/mol. The van der Waals surface area contributed by atoms with Crippen LogP contribution in [-0.2, 0) is 0 Å². The molecule has 72 valence electrons. The number of alkyl halides is 1. The Morgan fingerprint density at radius 3 is 2.25 bits per heavy atom. The summed E-state index contributed by atoms with van der Waals surface area (Å²) in [5.41, 5.74) is 0.648. The Bertz CT molecular complexity index is 151. The van der Waals surface area contributed by atoms with Gasteiger partial charge < -0.3 is 0 Å². The Hall–Kier alpha value is 0.480. The van der Waals surface area contributed by atoms with E-state index >= 15 is 0 Å². The minimum atomic E-state index is 0.648. The maximum atomic E-state index is 3.67. The van der Waals surface area contributed by atoms with Gasteiger partial charge in [0, 0.05) is 5.33 Å². The number of rotatable bonds is 4. The number of hydrogen-bond donors (Lipinski definition) is 0. The summed E-state index contributed by atoms with van der Waals surface area (Å²) in [6.45, 7) is 9.51. The average molecular weight is 233 g/mol. The molecule has 12 heavy (non-hydrogen) atoms. The first-order valence-corrected chi connectivity index (χ1v) is 6.26. The smallest absolute Gasteiger partial charge is 0.00932 e. The van der Waals surface area contributed by atoms with Crippen molar-refractivity contribution in [3.63, 3.8) is 0 Å². The number of hydrogen-bond acceptors (Lipinski definition) is 0. The van der Waals surface area contributed by atoms with Gasteiger partial charge in [0.25, 0.3) is 0 Å². The molecule has 0 aromatic heterocycles. The Kier molecular flexibility index (Phi) is 3.25. The minimum absolute atomic E-state index is 0.648. The molecule has 4 atom stereocenters. The van der Waals surface area contributed by atoms with Gasteiger partial charge in [0.15, 0.2) is 0 Å². The summed E-state index contributed by atoms with van der Waals surface area (Å²) in [4.78, 5) is 0. The predicted molar refractivity (Wildman–Crippen MR) is 58.6 cm³/mol. The predicted octanol–water partition coefficient (Wildman–Crippen LogP) is 4.09. The third-order valence-corrected chi connectivity index (χ3v) is 5.20. The van der Waals surface area contributed by atoms with Crippen molar-refractivity contribution in [2.24, 2.45) is 23.2 Å². The van der Waals surface area contributed by atoms with Crippen LogP contribution in [0, 0.1) is 23.2 Å². The molecule has 1 fully saturated rings. The van der Waals surface area contributed by atoms with Gasteiger partial charge in [-0.05, 0) is 29.6 Å². The second kappa shape index (κ2) is 3.69. The van der Waals surface area contributed by atoms with Gasteiger partial charge in [0.05, 0.1) is 0 Å². The van der Waals surface area contributed by atoms with Gasteiger partial charge in [0.1, 0.15) is 0 Å². The first-order chi connectivity index (χ1) is 5.58. The lowest BCUT2D eigenvalue weighted by Crippen LogP contribution is -2.22. The summed E-state index contributed by atoms with van der Waals surface area (Å²) in [7, 11) is 0. The second-order valence-corrected chi connectivity index (χ2v) is 5.21. The van der Waals surface area contributed by atoms with E-state index in [9.17, 15) is 0 Å². The highest BCUT2D eigenvalue weighted by Crippen LogP contribution is 2.60. The highest BCUT2D eigenvalue weighted by atomic mass is 79.9. The van der Waals surface area contributed by atoms with Crippen LogP contribution in [0.15, 0.2) is 0 Å². The first-order valence-electron chi connectivity index (χ1n) is 5.14. The third-order valence-electron chi connectivity index (χ3n) is 4.16. The summed E-state index contributed by atoms with van der Waals surface area (Å²) < 4.78 is 0. The van der Waals surface area contributed by atoms with Gasteiger partial charge in [-0.15, -0.1) is 0 Å². The SMILES string of the molecule is CCC(C)C(C)C1(CBr)CC1C. The fourth-order valence-electron chi connectivity index (χ4n) is 2.37. The normalized spacial score (nSPS) is 39.2. The van der Waals surface area contributed by atoms with Crippen molar-refractivity contribution in [1.29, 1.82) is 0 Å². The molecule has 0 N–H and O–H groups in total. The molecule has 1 rings (SSSR count).